The van der Waals surface area contributed by atoms with E-state index in [4.69, 9.17) is 4.74 Å². The van der Waals surface area contributed by atoms with Crippen LogP contribution in [0.25, 0.3) is 0 Å². The maximum atomic E-state index is 12.4. The van der Waals surface area contributed by atoms with E-state index < -0.39 is 11.6 Å². The summed E-state index contributed by atoms with van der Waals surface area (Å²) in [6.07, 6.45) is 1.45. The molecule has 1 fully saturated rings. The van der Waals surface area contributed by atoms with Crippen LogP contribution in [0.4, 0.5) is 0 Å². The molecule has 0 aliphatic carbocycles. The average Bonchev–Trinajstić information content (AvgIpc) is 2.81. The summed E-state index contributed by atoms with van der Waals surface area (Å²) < 4.78 is 5.39. The summed E-state index contributed by atoms with van der Waals surface area (Å²) in [6.45, 7) is 9.32. The van der Waals surface area contributed by atoms with Crippen molar-refractivity contribution >= 4 is 28.8 Å². The number of carbonyl (C=O) groups excluding carboxylic acids is 3. The summed E-state index contributed by atoms with van der Waals surface area (Å²) >= 11 is 1.14. The summed E-state index contributed by atoms with van der Waals surface area (Å²) in [6, 6.07) is -0.485. The van der Waals surface area contributed by atoms with Crippen LogP contribution in [0.15, 0.2) is 0 Å². The molecule has 6 heteroatoms. The van der Waals surface area contributed by atoms with Crippen molar-refractivity contribution in [3.63, 3.8) is 0 Å². The molecule has 1 amide bonds. The molecule has 0 aromatic heterocycles. The number of likely N-dealkylation sites (tertiary alicyclic amines) is 1. The molecule has 0 bridgehead atoms. The predicted octanol–water partition coefficient (Wildman–Crippen LogP) is 2.23. The third-order valence-corrected chi connectivity index (χ3v) is 4.25. The van der Waals surface area contributed by atoms with Gasteiger partial charge in [0.2, 0.25) is 5.91 Å². The number of ether oxygens (including phenoxy) is 1. The lowest BCUT2D eigenvalue weighted by molar-refractivity contribution is -0.163. The zero-order valence-corrected chi connectivity index (χ0v) is 14.3. The van der Waals surface area contributed by atoms with Gasteiger partial charge in [-0.3, -0.25) is 9.59 Å². The van der Waals surface area contributed by atoms with E-state index in [2.05, 4.69) is 0 Å². The van der Waals surface area contributed by atoms with Gasteiger partial charge >= 0.3 is 5.97 Å². The van der Waals surface area contributed by atoms with Crippen LogP contribution >= 0.6 is 11.8 Å². The molecule has 1 aliphatic rings. The van der Waals surface area contributed by atoms with Gasteiger partial charge < -0.3 is 9.64 Å². The first-order chi connectivity index (χ1) is 9.61. The Morgan fingerprint density at radius 3 is 2.48 bits per heavy atom. The highest BCUT2D eigenvalue weighted by atomic mass is 32.2. The molecular formula is C15H25NO4S. The van der Waals surface area contributed by atoms with E-state index in [9.17, 15) is 14.4 Å². The molecule has 120 valence electrons. The van der Waals surface area contributed by atoms with E-state index >= 15 is 0 Å². The van der Waals surface area contributed by atoms with Gasteiger partial charge in [-0.25, -0.2) is 4.79 Å². The molecule has 2 unspecified atom stereocenters. The Bertz CT molecular complexity index is 416. The van der Waals surface area contributed by atoms with Crippen LogP contribution in [0.5, 0.6) is 0 Å². The minimum atomic E-state index is -0.551. The molecule has 5 nitrogen and oxygen atoms in total. The van der Waals surface area contributed by atoms with Crippen LogP contribution in [-0.2, 0) is 19.1 Å². The second kappa shape index (κ2) is 7.29. The van der Waals surface area contributed by atoms with Gasteiger partial charge in [-0.2, -0.15) is 0 Å². The van der Waals surface area contributed by atoms with Crippen LogP contribution < -0.4 is 0 Å². The van der Waals surface area contributed by atoms with Gasteiger partial charge in [0.15, 0.2) is 5.12 Å². The summed E-state index contributed by atoms with van der Waals surface area (Å²) in [5.41, 5.74) is -0.551. The number of nitrogens with zero attached hydrogens (tertiary/aromatic N) is 1. The fraction of sp³-hybridized carbons (Fsp3) is 0.800. The minimum Gasteiger partial charge on any atom is -0.458 e. The Labute approximate surface area is 130 Å². The second-order valence-corrected chi connectivity index (χ2v) is 7.62. The first kappa shape index (κ1) is 18.0. The highest BCUT2D eigenvalue weighted by Crippen LogP contribution is 2.24. The number of thioether (sulfide) groups is 1. The van der Waals surface area contributed by atoms with Crippen molar-refractivity contribution < 1.29 is 19.1 Å². The molecule has 2 atom stereocenters. The lowest BCUT2D eigenvalue weighted by Crippen LogP contribution is -2.45. The number of hydrogen-bond acceptors (Lipinski definition) is 5. The average molecular weight is 315 g/mol. The van der Waals surface area contributed by atoms with Gasteiger partial charge in [0.1, 0.15) is 11.6 Å². The van der Waals surface area contributed by atoms with Gasteiger partial charge in [0, 0.05) is 25.1 Å². The highest BCUT2D eigenvalue weighted by molar-refractivity contribution is 8.13. The quantitative estimate of drug-likeness (QED) is 0.744. The SMILES string of the molecule is CC(=O)SCC(C)C(=O)N1CCCC1C(=O)OC(C)(C)C. The fourth-order valence-electron chi connectivity index (χ4n) is 2.24. The molecule has 0 radical (unpaired) electrons. The highest BCUT2D eigenvalue weighted by Gasteiger charge is 2.38. The maximum absolute atomic E-state index is 12.4. The topological polar surface area (TPSA) is 63.7 Å². The van der Waals surface area contributed by atoms with Crippen molar-refractivity contribution in [2.45, 2.75) is 59.1 Å². The molecule has 0 aromatic rings. The molecule has 21 heavy (non-hydrogen) atoms. The van der Waals surface area contributed by atoms with Crippen molar-refractivity contribution in [3.05, 3.63) is 0 Å². The maximum Gasteiger partial charge on any atom is 0.329 e. The van der Waals surface area contributed by atoms with Gasteiger partial charge in [-0.1, -0.05) is 18.7 Å². The van der Waals surface area contributed by atoms with Crippen molar-refractivity contribution in [2.24, 2.45) is 5.92 Å². The van der Waals surface area contributed by atoms with Crippen molar-refractivity contribution in [1.82, 2.24) is 4.90 Å². The van der Waals surface area contributed by atoms with E-state index in [1.54, 1.807) is 11.8 Å². The van der Waals surface area contributed by atoms with Crippen molar-refractivity contribution in [1.29, 1.82) is 0 Å². The number of carbonyl (C=O) groups is 3. The fourth-order valence-corrected chi connectivity index (χ4v) is 2.87. The predicted molar refractivity (Wildman–Crippen MR) is 82.9 cm³/mol. The van der Waals surface area contributed by atoms with E-state index in [0.29, 0.717) is 18.7 Å². The normalized spacial score (nSPS) is 20.2. The number of hydrogen-bond donors (Lipinski definition) is 0. The van der Waals surface area contributed by atoms with Crippen LogP contribution in [0, 0.1) is 5.92 Å². The minimum absolute atomic E-state index is 0.000218. The lowest BCUT2D eigenvalue weighted by atomic mass is 10.1. The molecule has 0 N–H and O–H groups in total. The van der Waals surface area contributed by atoms with Gasteiger partial charge in [0.25, 0.3) is 0 Å². The zero-order chi connectivity index (χ0) is 16.2. The number of rotatable bonds is 4. The van der Waals surface area contributed by atoms with E-state index in [-0.39, 0.29) is 22.9 Å². The third-order valence-electron chi connectivity index (χ3n) is 3.17. The summed E-state index contributed by atoms with van der Waals surface area (Å²) in [5.74, 6) is -0.232. The summed E-state index contributed by atoms with van der Waals surface area (Å²) in [5, 5.41) is -0.000218. The van der Waals surface area contributed by atoms with Gasteiger partial charge in [0.05, 0.1) is 0 Å². The summed E-state index contributed by atoms with van der Waals surface area (Å²) in [4.78, 5) is 37.2. The monoisotopic (exact) mass is 315 g/mol. The number of esters is 1. The zero-order valence-electron chi connectivity index (χ0n) is 13.5. The van der Waals surface area contributed by atoms with Crippen LogP contribution in [-0.4, -0.2) is 45.8 Å². The Morgan fingerprint density at radius 1 is 1.33 bits per heavy atom. The second-order valence-electron chi connectivity index (χ2n) is 6.43. The van der Waals surface area contributed by atoms with Gasteiger partial charge in [-0.05, 0) is 33.6 Å². The van der Waals surface area contributed by atoms with E-state index in [1.807, 2.05) is 20.8 Å². The van der Waals surface area contributed by atoms with Gasteiger partial charge in [-0.15, -0.1) is 0 Å². The molecule has 1 saturated heterocycles. The standard InChI is InChI=1S/C15H25NO4S/c1-10(9-21-11(2)17)13(18)16-8-6-7-12(16)14(19)20-15(3,4)5/h10,12H,6-9H2,1-5H3. The molecule has 1 rings (SSSR count). The molecule has 1 aliphatic heterocycles. The number of amides is 1. The molecular weight excluding hydrogens is 290 g/mol. The molecule has 0 aromatic carbocycles. The summed E-state index contributed by atoms with van der Waals surface area (Å²) in [7, 11) is 0. The van der Waals surface area contributed by atoms with Crippen LogP contribution in [0.3, 0.4) is 0 Å². The van der Waals surface area contributed by atoms with Crippen LogP contribution in [0.2, 0.25) is 0 Å². The molecule has 0 saturated carbocycles. The van der Waals surface area contributed by atoms with E-state index in [1.165, 1.54) is 6.92 Å². The first-order valence-corrected chi connectivity index (χ1v) is 8.27. The smallest absolute Gasteiger partial charge is 0.329 e. The Balaban J connectivity index is 2.65. The van der Waals surface area contributed by atoms with E-state index in [0.717, 1.165) is 18.2 Å². The van der Waals surface area contributed by atoms with Crippen molar-refractivity contribution in [2.75, 3.05) is 12.3 Å². The molecule has 1 heterocycles. The Hall–Kier alpha value is -1.04. The van der Waals surface area contributed by atoms with Crippen molar-refractivity contribution in [3.8, 4) is 0 Å². The first-order valence-electron chi connectivity index (χ1n) is 7.28. The van der Waals surface area contributed by atoms with Crippen LogP contribution in [0.1, 0.15) is 47.5 Å². The Kier molecular flexibility index (Phi) is 6.25. The Morgan fingerprint density at radius 2 is 1.95 bits per heavy atom. The molecule has 0 spiro atoms. The largest absolute Gasteiger partial charge is 0.458 e. The third kappa shape index (κ3) is 5.69. The lowest BCUT2D eigenvalue weighted by Gasteiger charge is -2.29.